The summed E-state index contributed by atoms with van der Waals surface area (Å²) in [5.74, 6) is 0.0954. The molecular formula is C20H17N3O2. The Bertz CT molecular complexity index is 885. The molecule has 0 saturated carbocycles. The van der Waals surface area contributed by atoms with Gasteiger partial charge < -0.3 is 10.1 Å². The predicted octanol–water partition coefficient (Wildman–Crippen LogP) is 3.75. The molecule has 0 bridgehead atoms. The molecule has 0 aliphatic carbocycles. The number of carbonyl (C=O) groups excluding carboxylic acids is 1. The molecule has 0 radical (unpaired) electrons. The minimum Gasteiger partial charge on any atom is -0.479 e. The fraction of sp³-hybridized carbons (Fsp3) is 0.150. The van der Waals surface area contributed by atoms with Gasteiger partial charge in [0.1, 0.15) is 23.5 Å². The molecule has 1 amide bonds. The van der Waals surface area contributed by atoms with Crippen LogP contribution in [0, 0.1) is 36.5 Å². The highest BCUT2D eigenvalue weighted by atomic mass is 16.5. The van der Waals surface area contributed by atoms with Crippen molar-refractivity contribution in [2.45, 2.75) is 13.8 Å². The number of nitrogens with one attached hydrogen (secondary N) is 1. The highest BCUT2D eigenvalue weighted by Crippen LogP contribution is 2.19. The summed E-state index contributed by atoms with van der Waals surface area (Å²) in [6.07, 6.45) is 1.51. The largest absolute Gasteiger partial charge is 0.479 e. The van der Waals surface area contributed by atoms with Gasteiger partial charge in [0, 0.05) is 5.69 Å². The van der Waals surface area contributed by atoms with E-state index in [1.54, 1.807) is 30.3 Å². The monoisotopic (exact) mass is 331 g/mol. The molecule has 2 aromatic rings. The van der Waals surface area contributed by atoms with E-state index in [0.29, 0.717) is 17.0 Å². The molecule has 2 aromatic carbocycles. The van der Waals surface area contributed by atoms with Crippen LogP contribution >= 0.6 is 0 Å². The summed E-state index contributed by atoms with van der Waals surface area (Å²) in [6, 6.07) is 16.2. The molecule has 5 nitrogen and oxygen atoms in total. The second kappa shape index (κ2) is 8.33. The summed E-state index contributed by atoms with van der Waals surface area (Å²) in [4.78, 5) is 12.4. The predicted molar refractivity (Wildman–Crippen MR) is 95.7 cm³/mol. The molecule has 1 N–H and O–H groups in total. The Balaban J connectivity index is 2.16. The first kappa shape index (κ1) is 17.8. The Morgan fingerprint density at radius 1 is 1.16 bits per heavy atom. The molecule has 0 atom stereocenters. The molecule has 0 unspecified atom stereocenters. The van der Waals surface area contributed by atoms with Crippen molar-refractivity contribution >= 4 is 17.7 Å². The number of ether oxygens (including phenoxy) is 1. The molecule has 25 heavy (non-hydrogen) atoms. The Morgan fingerprint density at radius 2 is 1.88 bits per heavy atom. The number of rotatable bonds is 5. The number of benzene rings is 2. The molecule has 0 aromatic heterocycles. The molecule has 0 fully saturated rings. The highest BCUT2D eigenvalue weighted by Gasteiger charge is 2.11. The van der Waals surface area contributed by atoms with Gasteiger partial charge in [0.05, 0.1) is 0 Å². The van der Waals surface area contributed by atoms with Crippen molar-refractivity contribution in [2.75, 3.05) is 11.9 Å². The zero-order valence-electron chi connectivity index (χ0n) is 14.0. The lowest BCUT2D eigenvalue weighted by atomic mass is 10.1. The summed E-state index contributed by atoms with van der Waals surface area (Å²) in [6.45, 7) is 3.85. The van der Waals surface area contributed by atoms with Gasteiger partial charge >= 0.3 is 0 Å². The van der Waals surface area contributed by atoms with E-state index >= 15 is 0 Å². The molecule has 5 heteroatoms. The molecule has 0 saturated heterocycles. The van der Waals surface area contributed by atoms with Crippen molar-refractivity contribution in [1.29, 1.82) is 10.5 Å². The van der Waals surface area contributed by atoms with Crippen LogP contribution in [-0.2, 0) is 4.79 Å². The van der Waals surface area contributed by atoms with Crippen LogP contribution in [0.5, 0.6) is 5.75 Å². The van der Waals surface area contributed by atoms with Crippen LogP contribution < -0.4 is 10.1 Å². The summed E-state index contributed by atoms with van der Waals surface area (Å²) in [7, 11) is 0. The highest BCUT2D eigenvalue weighted by molar-refractivity contribution is 6.10. The number of hydrogen-bond donors (Lipinski definition) is 1. The van der Waals surface area contributed by atoms with Crippen molar-refractivity contribution in [2.24, 2.45) is 0 Å². The van der Waals surface area contributed by atoms with Crippen molar-refractivity contribution in [1.82, 2.24) is 0 Å². The van der Waals surface area contributed by atoms with Crippen LogP contribution in [0.4, 0.5) is 5.69 Å². The zero-order chi connectivity index (χ0) is 18.2. The van der Waals surface area contributed by atoms with Crippen LogP contribution in [0.25, 0.3) is 6.08 Å². The molecule has 0 aliphatic rings. The third-order valence-electron chi connectivity index (χ3n) is 3.71. The number of amides is 1. The summed E-state index contributed by atoms with van der Waals surface area (Å²) < 4.78 is 5.17. The first-order valence-electron chi connectivity index (χ1n) is 7.64. The van der Waals surface area contributed by atoms with E-state index in [-0.39, 0.29) is 12.2 Å². The smallest absolute Gasteiger partial charge is 0.266 e. The van der Waals surface area contributed by atoms with Crippen molar-refractivity contribution in [3.05, 3.63) is 64.7 Å². The van der Waals surface area contributed by atoms with Crippen LogP contribution in [0.15, 0.2) is 48.0 Å². The molecule has 0 heterocycles. The Kier molecular flexibility index (Phi) is 5.92. The van der Waals surface area contributed by atoms with Gasteiger partial charge in [-0.15, -0.1) is 0 Å². The van der Waals surface area contributed by atoms with Crippen LogP contribution in [-0.4, -0.2) is 12.5 Å². The fourth-order valence-electron chi connectivity index (χ4n) is 2.17. The summed E-state index contributed by atoms with van der Waals surface area (Å²) >= 11 is 0. The lowest BCUT2D eigenvalue weighted by molar-refractivity contribution is -0.112. The van der Waals surface area contributed by atoms with E-state index < -0.39 is 5.91 Å². The maximum atomic E-state index is 12.4. The van der Waals surface area contributed by atoms with E-state index in [1.807, 2.05) is 38.1 Å². The number of aryl methyl sites for hydroxylation is 1. The van der Waals surface area contributed by atoms with Crippen molar-refractivity contribution in [3.63, 3.8) is 0 Å². The van der Waals surface area contributed by atoms with Gasteiger partial charge in [-0.3, -0.25) is 4.79 Å². The fourth-order valence-corrected chi connectivity index (χ4v) is 2.17. The van der Waals surface area contributed by atoms with E-state index in [4.69, 9.17) is 10.00 Å². The first-order chi connectivity index (χ1) is 12.0. The standard InChI is InChI=1S/C20H17N3O2/c1-14-4-3-5-19(15(14)2)23-20(24)17(13-22)12-16-6-8-18(9-7-16)25-11-10-21/h3-9,12H,11H2,1-2H3,(H,23,24)/b17-12+. The van der Waals surface area contributed by atoms with Gasteiger partial charge in [0.25, 0.3) is 5.91 Å². The average Bonchev–Trinajstić information content (AvgIpc) is 2.62. The molecule has 2 rings (SSSR count). The van der Waals surface area contributed by atoms with Crippen LogP contribution in [0.3, 0.4) is 0 Å². The van der Waals surface area contributed by atoms with E-state index in [9.17, 15) is 10.1 Å². The van der Waals surface area contributed by atoms with E-state index in [2.05, 4.69) is 5.32 Å². The Morgan fingerprint density at radius 3 is 2.52 bits per heavy atom. The maximum Gasteiger partial charge on any atom is 0.266 e. The van der Waals surface area contributed by atoms with Gasteiger partial charge in [-0.25, -0.2) is 0 Å². The Hall–Kier alpha value is -3.57. The minimum atomic E-state index is -0.457. The quantitative estimate of drug-likeness (QED) is 0.668. The molecule has 0 aliphatic heterocycles. The van der Waals surface area contributed by atoms with Crippen LogP contribution in [0.1, 0.15) is 16.7 Å². The zero-order valence-corrected chi connectivity index (χ0v) is 14.0. The Labute approximate surface area is 146 Å². The average molecular weight is 331 g/mol. The van der Waals surface area contributed by atoms with Gasteiger partial charge in [0.15, 0.2) is 6.61 Å². The van der Waals surface area contributed by atoms with Crippen molar-refractivity contribution < 1.29 is 9.53 Å². The number of anilines is 1. The lowest BCUT2D eigenvalue weighted by Gasteiger charge is -2.09. The second-order valence-corrected chi connectivity index (χ2v) is 5.39. The third kappa shape index (κ3) is 4.70. The normalized spacial score (nSPS) is 10.5. The lowest BCUT2D eigenvalue weighted by Crippen LogP contribution is -2.14. The summed E-state index contributed by atoms with van der Waals surface area (Å²) in [5.41, 5.74) is 3.41. The van der Waals surface area contributed by atoms with Crippen LogP contribution in [0.2, 0.25) is 0 Å². The molecular weight excluding hydrogens is 314 g/mol. The van der Waals surface area contributed by atoms with Crippen molar-refractivity contribution in [3.8, 4) is 17.9 Å². The van der Waals surface area contributed by atoms with E-state index in [0.717, 1.165) is 11.1 Å². The second-order valence-electron chi connectivity index (χ2n) is 5.39. The third-order valence-corrected chi connectivity index (χ3v) is 3.71. The number of nitrogens with zero attached hydrogens (tertiary/aromatic N) is 2. The number of carbonyl (C=O) groups is 1. The molecule has 124 valence electrons. The minimum absolute atomic E-state index is 0.00611. The topological polar surface area (TPSA) is 85.9 Å². The van der Waals surface area contributed by atoms with Gasteiger partial charge in [-0.2, -0.15) is 10.5 Å². The maximum absolute atomic E-state index is 12.4. The van der Waals surface area contributed by atoms with Gasteiger partial charge in [-0.05, 0) is 54.8 Å². The molecule has 0 spiro atoms. The van der Waals surface area contributed by atoms with Gasteiger partial charge in [-0.1, -0.05) is 24.3 Å². The number of hydrogen-bond acceptors (Lipinski definition) is 4. The summed E-state index contributed by atoms with van der Waals surface area (Å²) in [5, 5.41) is 20.5. The van der Waals surface area contributed by atoms with Gasteiger partial charge in [0.2, 0.25) is 0 Å². The first-order valence-corrected chi connectivity index (χ1v) is 7.64. The number of nitriles is 2. The van der Waals surface area contributed by atoms with E-state index in [1.165, 1.54) is 6.08 Å². The SMILES string of the molecule is Cc1cccc(NC(=O)/C(C#N)=C/c2ccc(OCC#N)cc2)c1C.